The molecule has 1 heterocycles. The van der Waals surface area contributed by atoms with Gasteiger partial charge in [0, 0.05) is 12.0 Å². The first kappa shape index (κ1) is 22.0. The molecule has 0 amide bonds. The summed E-state index contributed by atoms with van der Waals surface area (Å²) in [6.07, 6.45) is 0.582. The zero-order chi connectivity index (χ0) is 21.2. The zero-order valence-corrected chi connectivity index (χ0v) is 17.0. The van der Waals surface area contributed by atoms with Gasteiger partial charge < -0.3 is 24.7 Å². The molecule has 0 fully saturated rings. The van der Waals surface area contributed by atoms with Crippen LogP contribution in [0.3, 0.4) is 0 Å². The highest BCUT2D eigenvalue weighted by Gasteiger charge is 2.23. The number of carbonyl (C=O) groups excluding carboxylic acids is 2. The third-order valence-corrected chi connectivity index (χ3v) is 4.88. The Morgan fingerprint density at radius 1 is 1.17 bits per heavy atom. The predicted octanol–water partition coefficient (Wildman–Crippen LogP) is 3.29. The van der Waals surface area contributed by atoms with Crippen LogP contribution in [0.4, 0.5) is 5.00 Å². The molecule has 8 nitrogen and oxygen atoms in total. The van der Waals surface area contributed by atoms with Gasteiger partial charge in [0.2, 0.25) is 0 Å². The van der Waals surface area contributed by atoms with Crippen molar-refractivity contribution in [3.63, 3.8) is 0 Å². The summed E-state index contributed by atoms with van der Waals surface area (Å²) < 4.78 is 20.8. The molecule has 0 spiro atoms. The van der Waals surface area contributed by atoms with Crippen molar-refractivity contribution in [2.24, 2.45) is 0 Å². The lowest BCUT2D eigenvalue weighted by molar-refractivity contribution is -0.145. The molecule has 0 unspecified atom stereocenters. The second kappa shape index (κ2) is 10.9. The number of hydrogen-bond acceptors (Lipinski definition) is 9. The van der Waals surface area contributed by atoms with Crippen molar-refractivity contribution in [1.29, 1.82) is 5.26 Å². The lowest BCUT2D eigenvalue weighted by Gasteiger charge is -2.08. The predicted molar refractivity (Wildman–Crippen MR) is 107 cm³/mol. The van der Waals surface area contributed by atoms with Crippen LogP contribution in [-0.2, 0) is 20.9 Å². The molecular weight excluding hydrogens is 396 g/mol. The van der Waals surface area contributed by atoms with E-state index < -0.39 is 11.9 Å². The fourth-order valence-electron chi connectivity index (χ4n) is 2.41. The van der Waals surface area contributed by atoms with E-state index in [1.54, 1.807) is 38.3 Å². The van der Waals surface area contributed by atoms with Crippen LogP contribution in [0.1, 0.15) is 40.6 Å². The van der Waals surface area contributed by atoms with Crippen LogP contribution in [0.25, 0.3) is 0 Å². The van der Waals surface area contributed by atoms with Crippen LogP contribution >= 0.6 is 11.3 Å². The average Bonchev–Trinajstić information content (AvgIpc) is 3.05. The van der Waals surface area contributed by atoms with Crippen LogP contribution in [0.5, 0.6) is 11.5 Å². The number of nitrogens with zero attached hydrogens (tertiary/aromatic N) is 1. The van der Waals surface area contributed by atoms with Crippen molar-refractivity contribution in [2.75, 3.05) is 26.1 Å². The third-order valence-electron chi connectivity index (χ3n) is 3.84. The molecule has 2 aromatic rings. The van der Waals surface area contributed by atoms with Crippen molar-refractivity contribution < 1.29 is 28.5 Å². The normalized spacial score (nSPS) is 10.1. The van der Waals surface area contributed by atoms with E-state index in [2.05, 4.69) is 0 Å². The highest BCUT2D eigenvalue weighted by Crippen LogP contribution is 2.32. The zero-order valence-electron chi connectivity index (χ0n) is 16.2. The fourth-order valence-corrected chi connectivity index (χ4v) is 3.33. The molecule has 9 heteroatoms. The van der Waals surface area contributed by atoms with Crippen molar-refractivity contribution in [3.8, 4) is 17.6 Å². The average molecular weight is 418 g/mol. The highest BCUT2D eigenvalue weighted by molar-refractivity contribution is 7.18. The second-order valence-corrected chi connectivity index (χ2v) is 6.82. The summed E-state index contributed by atoms with van der Waals surface area (Å²) >= 11 is 0.947. The number of thiophene rings is 1. The first-order chi connectivity index (χ1) is 14.0. The second-order valence-electron chi connectivity index (χ2n) is 5.77. The van der Waals surface area contributed by atoms with Gasteiger partial charge in [-0.25, -0.2) is 4.79 Å². The quantitative estimate of drug-likeness (QED) is 0.461. The maximum absolute atomic E-state index is 12.0. The minimum absolute atomic E-state index is 0.131. The lowest BCUT2D eigenvalue weighted by atomic mass is 10.1. The molecule has 154 valence electrons. The van der Waals surface area contributed by atoms with Crippen LogP contribution in [0.2, 0.25) is 0 Å². The summed E-state index contributed by atoms with van der Waals surface area (Å²) in [5.41, 5.74) is 6.20. The van der Waals surface area contributed by atoms with Crippen molar-refractivity contribution >= 4 is 28.3 Å². The minimum Gasteiger partial charge on any atom is -0.497 e. The Kier molecular flexibility index (Phi) is 8.30. The van der Waals surface area contributed by atoms with Gasteiger partial charge in [-0.2, -0.15) is 5.26 Å². The Bertz CT molecular complexity index is 886. The number of nitrogens with two attached hydrogens (primary N) is 1. The molecule has 0 atom stereocenters. The maximum atomic E-state index is 12.0. The Hall–Kier alpha value is -3.25. The molecule has 29 heavy (non-hydrogen) atoms. The molecule has 0 aliphatic carbocycles. The number of nitrogen functional groups attached to an aromatic ring is 1. The smallest absolute Gasteiger partial charge is 0.348 e. The molecule has 0 saturated carbocycles. The van der Waals surface area contributed by atoms with E-state index in [9.17, 15) is 14.9 Å². The van der Waals surface area contributed by atoms with Crippen molar-refractivity contribution in [1.82, 2.24) is 0 Å². The first-order valence-corrected chi connectivity index (χ1v) is 9.72. The first-order valence-electron chi connectivity index (χ1n) is 8.91. The Morgan fingerprint density at radius 2 is 1.86 bits per heavy atom. The highest BCUT2D eigenvalue weighted by atomic mass is 32.1. The number of methoxy groups -OCH3 is 1. The van der Waals surface area contributed by atoms with Gasteiger partial charge in [0.25, 0.3) is 0 Å². The van der Waals surface area contributed by atoms with E-state index in [-0.39, 0.29) is 40.6 Å². The van der Waals surface area contributed by atoms with Gasteiger partial charge in [0.15, 0.2) is 0 Å². The Labute approximate surface area is 172 Å². The molecule has 1 aromatic heterocycles. The van der Waals surface area contributed by atoms with Gasteiger partial charge >= 0.3 is 11.9 Å². The molecule has 0 aliphatic heterocycles. The minimum atomic E-state index is -0.593. The van der Waals surface area contributed by atoms with Gasteiger partial charge in [-0.15, -0.1) is 11.3 Å². The number of nitriles is 1. The van der Waals surface area contributed by atoms with Crippen LogP contribution in [-0.4, -0.2) is 32.3 Å². The van der Waals surface area contributed by atoms with Gasteiger partial charge in [0.1, 0.15) is 34.1 Å². The van der Waals surface area contributed by atoms with E-state index in [4.69, 9.17) is 24.7 Å². The van der Waals surface area contributed by atoms with Crippen LogP contribution in [0, 0.1) is 11.3 Å². The van der Waals surface area contributed by atoms with Gasteiger partial charge in [-0.3, -0.25) is 4.79 Å². The summed E-state index contributed by atoms with van der Waals surface area (Å²) in [5, 5.41) is 9.45. The van der Waals surface area contributed by atoms with E-state index in [0.29, 0.717) is 18.8 Å². The summed E-state index contributed by atoms with van der Waals surface area (Å²) in [4.78, 5) is 24.2. The fraction of sp³-hybridized carbons (Fsp3) is 0.350. The summed E-state index contributed by atoms with van der Waals surface area (Å²) in [6.45, 7) is 1.98. The van der Waals surface area contributed by atoms with Crippen LogP contribution < -0.4 is 15.2 Å². The number of anilines is 1. The number of carbonyl (C=O) groups is 2. The Balaban J connectivity index is 1.84. The Morgan fingerprint density at radius 3 is 2.48 bits per heavy atom. The van der Waals surface area contributed by atoms with Gasteiger partial charge in [-0.1, -0.05) is 0 Å². The van der Waals surface area contributed by atoms with Gasteiger partial charge in [0.05, 0.1) is 25.9 Å². The monoisotopic (exact) mass is 418 g/mol. The summed E-state index contributed by atoms with van der Waals surface area (Å²) in [7, 11) is 1.58. The molecule has 2 N–H and O–H groups in total. The van der Waals surface area contributed by atoms with Crippen molar-refractivity contribution in [2.45, 2.75) is 26.4 Å². The number of benzene rings is 1. The number of esters is 2. The lowest BCUT2D eigenvalue weighted by Crippen LogP contribution is -2.10. The standard InChI is InChI=1S/C20H22N2O6S/c1-3-26-20(24)18-16(15(11-21)19(22)29-18)12-28-17(23)5-4-10-27-14-8-6-13(25-2)7-9-14/h6-9H,3-5,10,12,22H2,1-2H3. The molecule has 2 rings (SSSR count). The number of ether oxygens (including phenoxy) is 4. The van der Waals surface area contributed by atoms with Crippen LogP contribution in [0.15, 0.2) is 24.3 Å². The summed E-state index contributed by atoms with van der Waals surface area (Å²) in [6, 6.07) is 9.06. The van der Waals surface area contributed by atoms with Gasteiger partial charge in [-0.05, 0) is 37.6 Å². The van der Waals surface area contributed by atoms with Crippen molar-refractivity contribution in [3.05, 3.63) is 40.3 Å². The summed E-state index contributed by atoms with van der Waals surface area (Å²) in [5.74, 6) is 0.344. The maximum Gasteiger partial charge on any atom is 0.348 e. The molecule has 1 aromatic carbocycles. The SMILES string of the molecule is CCOC(=O)c1sc(N)c(C#N)c1COC(=O)CCCOc1ccc(OC)cc1. The molecule has 0 radical (unpaired) electrons. The third kappa shape index (κ3) is 6.12. The largest absolute Gasteiger partial charge is 0.497 e. The molecule has 0 saturated heterocycles. The van der Waals surface area contributed by atoms with E-state index >= 15 is 0 Å². The van der Waals surface area contributed by atoms with E-state index in [0.717, 1.165) is 17.1 Å². The molecule has 0 aliphatic rings. The van der Waals surface area contributed by atoms with E-state index in [1.807, 2.05) is 6.07 Å². The molecular formula is C20H22N2O6S. The molecule has 0 bridgehead atoms. The van der Waals surface area contributed by atoms with E-state index in [1.165, 1.54) is 0 Å². The topological polar surface area (TPSA) is 121 Å². The number of hydrogen-bond donors (Lipinski definition) is 1. The number of rotatable bonds is 10.